The van der Waals surface area contributed by atoms with Gasteiger partial charge in [0.1, 0.15) is 5.56 Å². The zero-order chi connectivity index (χ0) is 14.0. The van der Waals surface area contributed by atoms with Crippen molar-refractivity contribution in [3.63, 3.8) is 0 Å². The number of nitrogens with zero attached hydrogens (tertiary/aromatic N) is 4. The zero-order valence-electron chi connectivity index (χ0n) is 10.2. The van der Waals surface area contributed by atoms with Crippen LogP contribution in [-0.2, 0) is 4.74 Å². The molecule has 0 atom stereocenters. The molecule has 2 aromatic heterocycles. The van der Waals surface area contributed by atoms with Gasteiger partial charge in [-0.25, -0.2) is 19.3 Å². The summed E-state index contributed by atoms with van der Waals surface area (Å²) in [4.78, 5) is 30.1. The molecule has 0 amide bonds. The van der Waals surface area contributed by atoms with E-state index in [4.69, 9.17) is 5.11 Å². The van der Waals surface area contributed by atoms with E-state index in [-0.39, 0.29) is 17.1 Å². The van der Waals surface area contributed by atoms with Crippen LogP contribution >= 0.6 is 0 Å². The third-order valence-electron chi connectivity index (χ3n) is 2.38. The largest absolute Gasteiger partial charge is 0.478 e. The fraction of sp³-hybridized carbons (Fsp3) is 0.182. The molecule has 2 aromatic rings. The van der Waals surface area contributed by atoms with Crippen molar-refractivity contribution in [1.82, 2.24) is 19.7 Å². The lowest BCUT2D eigenvalue weighted by atomic mass is 10.3. The summed E-state index contributed by atoms with van der Waals surface area (Å²) in [5, 5.41) is 13.0. The molecule has 98 valence electrons. The Kier molecular flexibility index (Phi) is 3.23. The van der Waals surface area contributed by atoms with Gasteiger partial charge in [0.05, 0.1) is 25.2 Å². The lowest BCUT2D eigenvalue weighted by molar-refractivity contribution is 0.0592. The van der Waals surface area contributed by atoms with Crippen LogP contribution in [0.15, 0.2) is 18.6 Å². The summed E-state index contributed by atoms with van der Waals surface area (Å²) in [5.74, 6) is -1.48. The van der Waals surface area contributed by atoms with E-state index in [1.54, 1.807) is 6.92 Å². The maximum absolute atomic E-state index is 11.3. The second kappa shape index (κ2) is 4.84. The first-order valence-electron chi connectivity index (χ1n) is 5.23. The molecule has 0 aliphatic carbocycles. The number of methoxy groups -OCH3 is 1. The van der Waals surface area contributed by atoms with Gasteiger partial charge in [0, 0.05) is 6.20 Å². The van der Waals surface area contributed by atoms with Gasteiger partial charge in [-0.2, -0.15) is 5.10 Å². The van der Waals surface area contributed by atoms with E-state index in [1.165, 1.54) is 30.4 Å². The highest BCUT2D eigenvalue weighted by Crippen LogP contribution is 2.10. The van der Waals surface area contributed by atoms with Gasteiger partial charge in [-0.3, -0.25) is 4.98 Å². The number of rotatable bonds is 3. The van der Waals surface area contributed by atoms with Crippen LogP contribution in [0.25, 0.3) is 5.82 Å². The monoisotopic (exact) mass is 262 g/mol. The zero-order valence-corrected chi connectivity index (χ0v) is 10.2. The standard InChI is InChI=1S/C11H10N4O4/c1-6-7(10(16)17)5-15(14-6)9-4-12-3-8(13-9)11(18)19-2/h3-5H,1-2H3,(H,16,17). The topological polar surface area (TPSA) is 107 Å². The van der Waals surface area contributed by atoms with Gasteiger partial charge in [0.25, 0.3) is 0 Å². The molecule has 1 N–H and O–H groups in total. The van der Waals surface area contributed by atoms with Crippen LogP contribution in [0, 0.1) is 6.92 Å². The van der Waals surface area contributed by atoms with Crippen molar-refractivity contribution < 1.29 is 19.4 Å². The minimum absolute atomic E-state index is 0.0185. The molecule has 8 heteroatoms. The second-order valence-electron chi connectivity index (χ2n) is 3.63. The first-order valence-corrected chi connectivity index (χ1v) is 5.23. The highest BCUT2D eigenvalue weighted by atomic mass is 16.5. The van der Waals surface area contributed by atoms with Crippen molar-refractivity contribution in [1.29, 1.82) is 0 Å². The predicted molar refractivity (Wildman–Crippen MR) is 62.2 cm³/mol. The summed E-state index contributed by atoms with van der Waals surface area (Å²) in [5.41, 5.74) is 0.424. The molecular weight excluding hydrogens is 252 g/mol. The number of aromatic carboxylic acids is 1. The SMILES string of the molecule is COC(=O)c1cncc(-n2cc(C(=O)O)c(C)n2)n1. The molecule has 0 radical (unpaired) electrons. The molecule has 0 fully saturated rings. The van der Waals surface area contributed by atoms with Crippen LogP contribution in [0.1, 0.15) is 26.5 Å². The minimum atomic E-state index is -1.08. The number of carboxylic acid groups (broad SMARTS) is 1. The Morgan fingerprint density at radius 2 is 2.11 bits per heavy atom. The summed E-state index contributed by atoms with van der Waals surface area (Å²) in [7, 11) is 1.23. The summed E-state index contributed by atoms with van der Waals surface area (Å²) in [6.45, 7) is 1.57. The first kappa shape index (κ1) is 12.7. The lowest BCUT2D eigenvalue weighted by Crippen LogP contribution is -2.08. The van der Waals surface area contributed by atoms with Crippen LogP contribution in [0.5, 0.6) is 0 Å². The number of aromatic nitrogens is 4. The number of carbonyl (C=O) groups excluding carboxylic acids is 1. The molecule has 0 unspecified atom stereocenters. The molecule has 0 aliphatic rings. The van der Waals surface area contributed by atoms with E-state index in [0.29, 0.717) is 5.69 Å². The third-order valence-corrected chi connectivity index (χ3v) is 2.38. The van der Waals surface area contributed by atoms with Crippen molar-refractivity contribution in [2.45, 2.75) is 6.92 Å². The number of esters is 1. The van der Waals surface area contributed by atoms with E-state index in [1.807, 2.05) is 0 Å². The minimum Gasteiger partial charge on any atom is -0.478 e. The van der Waals surface area contributed by atoms with Crippen molar-refractivity contribution in [2.24, 2.45) is 0 Å². The molecule has 8 nitrogen and oxygen atoms in total. The number of ether oxygens (including phenoxy) is 1. The molecule has 0 saturated carbocycles. The van der Waals surface area contributed by atoms with Crippen LogP contribution in [0.4, 0.5) is 0 Å². The van der Waals surface area contributed by atoms with Gasteiger partial charge >= 0.3 is 11.9 Å². The lowest BCUT2D eigenvalue weighted by Gasteiger charge is -2.01. The van der Waals surface area contributed by atoms with Gasteiger partial charge in [0.15, 0.2) is 11.5 Å². The Morgan fingerprint density at radius 1 is 1.37 bits per heavy atom. The van der Waals surface area contributed by atoms with Crippen molar-refractivity contribution in [3.05, 3.63) is 35.5 Å². The van der Waals surface area contributed by atoms with E-state index < -0.39 is 11.9 Å². The quantitative estimate of drug-likeness (QED) is 0.800. The summed E-state index contributed by atoms with van der Waals surface area (Å²) >= 11 is 0. The molecule has 0 bridgehead atoms. The Bertz CT molecular complexity index is 650. The Labute approximate surface area is 107 Å². The molecule has 2 heterocycles. The maximum atomic E-state index is 11.3. The van der Waals surface area contributed by atoms with Crippen LogP contribution in [-0.4, -0.2) is 43.9 Å². The van der Waals surface area contributed by atoms with Gasteiger partial charge in [-0.15, -0.1) is 0 Å². The smallest absolute Gasteiger partial charge is 0.358 e. The van der Waals surface area contributed by atoms with Gasteiger partial charge in [0.2, 0.25) is 0 Å². The Morgan fingerprint density at radius 3 is 2.68 bits per heavy atom. The normalized spacial score (nSPS) is 10.2. The predicted octanol–water partition coefficient (Wildman–Crippen LogP) is 0.456. The van der Waals surface area contributed by atoms with Crippen LogP contribution < -0.4 is 0 Å². The highest BCUT2D eigenvalue weighted by molar-refractivity contribution is 5.88. The maximum Gasteiger partial charge on any atom is 0.358 e. The molecule has 0 saturated heterocycles. The molecule has 0 aliphatic heterocycles. The molecular formula is C11H10N4O4. The first-order chi connectivity index (χ1) is 9.02. The Balaban J connectivity index is 2.45. The summed E-state index contributed by atoms with van der Waals surface area (Å²) < 4.78 is 5.78. The molecule has 2 rings (SSSR count). The van der Waals surface area contributed by atoms with Gasteiger partial charge in [-0.1, -0.05) is 0 Å². The van der Waals surface area contributed by atoms with Crippen LogP contribution in [0.3, 0.4) is 0 Å². The second-order valence-corrected chi connectivity index (χ2v) is 3.63. The third kappa shape index (κ3) is 2.41. The average molecular weight is 262 g/mol. The van der Waals surface area contributed by atoms with Crippen LogP contribution in [0.2, 0.25) is 0 Å². The van der Waals surface area contributed by atoms with Gasteiger partial charge < -0.3 is 9.84 Å². The summed E-state index contributed by atoms with van der Waals surface area (Å²) in [6, 6.07) is 0. The molecule has 0 spiro atoms. The number of hydrogen-bond donors (Lipinski definition) is 1. The molecule has 19 heavy (non-hydrogen) atoms. The highest BCUT2D eigenvalue weighted by Gasteiger charge is 2.15. The summed E-state index contributed by atoms with van der Waals surface area (Å²) in [6.07, 6.45) is 3.93. The molecule has 0 aromatic carbocycles. The van der Waals surface area contributed by atoms with Crippen molar-refractivity contribution in [3.8, 4) is 5.82 Å². The van der Waals surface area contributed by atoms with E-state index >= 15 is 0 Å². The van der Waals surface area contributed by atoms with Gasteiger partial charge in [-0.05, 0) is 6.92 Å². The van der Waals surface area contributed by atoms with E-state index in [9.17, 15) is 9.59 Å². The number of hydrogen-bond acceptors (Lipinski definition) is 6. The number of carbonyl (C=O) groups is 2. The fourth-order valence-corrected chi connectivity index (χ4v) is 1.46. The van der Waals surface area contributed by atoms with E-state index in [2.05, 4.69) is 19.8 Å². The van der Waals surface area contributed by atoms with E-state index in [0.717, 1.165) is 0 Å². The Hall–Kier alpha value is -2.77. The number of carboxylic acids is 1. The average Bonchev–Trinajstić information content (AvgIpc) is 2.80. The fourth-order valence-electron chi connectivity index (χ4n) is 1.46. The van der Waals surface area contributed by atoms with Crippen molar-refractivity contribution in [2.75, 3.05) is 7.11 Å². The number of aryl methyl sites for hydroxylation is 1. The van der Waals surface area contributed by atoms with Crippen molar-refractivity contribution >= 4 is 11.9 Å².